The van der Waals surface area contributed by atoms with E-state index in [2.05, 4.69) is 5.32 Å². The van der Waals surface area contributed by atoms with E-state index in [0.29, 0.717) is 17.7 Å². The average Bonchev–Trinajstić information content (AvgIpc) is 2.67. The van der Waals surface area contributed by atoms with Crippen molar-refractivity contribution in [3.8, 4) is 5.75 Å². The van der Waals surface area contributed by atoms with Gasteiger partial charge in [-0.3, -0.25) is 0 Å². The predicted octanol–water partition coefficient (Wildman–Crippen LogP) is 3.89. The van der Waals surface area contributed by atoms with Crippen LogP contribution in [0.2, 0.25) is 0 Å². The molecule has 1 unspecified atom stereocenters. The van der Waals surface area contributed by atoms with Gasteiger partial charge in [0.15, 0.2) is 0 Å². The van der Waals surface area contributed by atoms with Crippen LogP contribution in [-0.4, -0.2) is 10.8 Å². The summed E-state index contributed by atoms with van der Waals surface area (Å²) >= 11 is 0. The summed E-state index contributed by atoms with van der Waals surface area (Å²) in [6.45, 7) is 1.84. The predicted molar refractivity (Wildman–Crippen MR) is 101 cm³/mol. The molecule has 6 heteroatoms. The molecule has 0 radical (unpaired) electrons. The van der Waals surface area contributed by atoms with Gasteiger partial charge in [-0.25, -0.2) is 4.39 Å². The Labute approximate surface area is 156 Å². The monoisotopic (exact) mass is 364 g/mol. The first-order valence-electron chi connectivity index (χ1n) is 8.68. The topological polar surface area (TPSA) is 67.4 Å². The van der Waals surface area contributed by atoms with Crippen LogP contribution in [0, 0.1) is 10.7 Å². The molecular weight excluding hydrogens is 345 g/mol. The van der Waals surface area contributed by atoms with Crippen molar-refractivity contribution in [1.29, 1.82) is 0 Å². The van der Waals surface area contributed by atoms with E-state index in [1.807, 2.05) is 37.3 Å². The van der Waals surface area contributed by atoms with E-state index in [0.717, 1.165) is 21.6 Å². The Morgan fingerprint density at radius 1 is 1.26 bits per heavy atom. The number of hydrogen-bond donors (Lipinski definition) is 2. The van der Waals surface area contributed by atoms with Gasteiger partial charge in [0.05, 0.1) is 5.70 Å². The van der Waals surface area contributed by atoms with E-state index in [4.69, 9.17) is 10.5 Å². The molecule has 5 nitrogen and oxygen atoms in total. The lowest BCUT2D eigenvalue weighted by Crippen LogP contribution is -2.22. The third kappa shape index (κ3) is 3.21. The van der Waals surface area contributed by atoms with Gasteiger partial charge in [-0.15, -0.1) is 0 Å². The smallest absolute Gasteiger partial charge is 0.298 e. The van der Waals surface area contributed by atoms with E-state index in [9.17, 15) is 9.30 Å². The third-order valence-electron chi connectivity index (χ3n) is 4.71. The minimum atomic E-state index is -0.476. The zero-order chi connectivity index (χ0) is 19.0. The third-order valence-corrected chi connectivity index (χ3v) is 4.71. The summed E-state index contributed by atoms with van der Waals surface area (Å²) in [5.41, 5.74) is 10.3. The lowest BCUT2D eigenvalue weighted by molar-refractivity contribution is -0.501. The van der Waals surface area contributed by atoms with Crippen molar-refractivity contribution in [3.63, 3.8) is 0 Å². The molecule has 0 aliphatic carbocycles. The van der Waals surface area contributed by atoms with Gasteiger partial charge >= 0.3 is 0 Å². The molecule has 2 bridgehead atoms. The zero-order valence-electron chi connectivity index (χ0n) is 14.8. The van der Waals surface area contributed by atoms with Crippen LogP contribution in [0.3, 0.4) is 0 Å². The van der Waals surface area contributed by atoms with Gasteiger partial charge in [0.2, 0.25) is 11.8 Å². The molecule has 0 saturated heterocycles. The van der Waals surface area contributed by atoms with Crippen molar-refractivity contribution in [2.24, 2.45) is 5.73 Å². The fourth-order valence-electron chi connectivity index (χ4n) is 3.27. The van der Waals surface area contributed by atoms with Crippen molar-refractivity contribution in [2.45, 2.75) is 19.4 Å². The van der Waals surface area contributed by atoms with Crippen LogP contribution < -0.4 is 15.8 Å². The molecular formula is C21H19FN3O2+. The lowest BCUT2D eigenvalue weighted by Gasteiger charge is -2.20. The second-order valence-corrected chi connectivity index (χ2v) is 6.64. The summed E-state index contributed by atoms with van der Waals surface area (Å²) < 4.78 is 20.3. The number of nitroso groups, excluding NO2 is 1. The number of fused-ring (bicyclic) bond motifs is 4. The number of benzene rings is 2. The normalized spacial score (nSPS) is 20.9. The van der Waals surface area contributed by atoms with Crippen molar-refractivity contribution in [2.75, 3.05) is 0 Å². The molecule has 2 aliphatic rings. The Balaban J connectivity index is 1.90. The highest BCUT2D eigenvalue weighted by atomic mass is 19.1. The number of nitrogens with two attached hydrogens (primary N) is 1. The average molecular weight is 364 g/mol. The van der Waals surface area contributed by atoms with E-state index in [-0.39, 0.29) is 17.5 Å². The first kappa shape index (κ1) is 17.0. The minimum Gasteiger partial charge on any atom is -0.457 e. The van der Waals surface area contributed by atoms with Crippen LogP contribution >= 0.6 is 0 Å². The van der Waals surface area contributed by atoms with Crippen LogP contribution in [0.1, 0.15) is 18.1 Å². The van der Waals surface area contributed by atoms with Crippen molar-refractivity contribution in [1.82, 2.24) is 5.32 Å². The van der Waals surface area contributed by atoms with Gasteiger partial charge in [0.1, 0.15) is 12.1 Å². The summed E-state index contributed by atoms with van der Waals surface area (Å²) in [5.74, 6) is -0.324. The highest BCUT2D eigenvalue weighted by Crippen LogP contribution is 2.32. The van der Waals surface area contributed by atoms with Crippen LogP contribution in [0.25, 0.3) is 5.70 Å². The first-order chi connectivity index (χ1) is 13.0. The quantitative estimate of drug-likeness (QED) is 0.696. The summed E-state index contributed by atoms with van der Waals surface area (Å²) in [4.78, 5) is 12.9. The molecule has 0 fully saturated rings. The maximum Gasteiger partial charge on any atom is 0.298 e. The molecule has 1 atom stereocenters. The second kappa shape index (κ2) is 6.72. The number of rotatable bonds is 0. The summed E-state index contributed by atoms with van der Waals surface area (Å²) in [7, 11) is 0. The van der Waals surface area contributed by atoms with Crippen molar-refractivity contribution >= 4 is 11.4 Å². The van der Waals surface area contributed by atoms with Crippen LogP contribution in [0.5, 0.6) is 5.75 Å². The summed E-state index contributed by atoms with van der Waals surface area (Å²) in [6.07, 6.45) is 5.54. The lowest BCUT2D eigenvalue weighted by atomic mass is 9.96. The van der Waals surface area contributed by atoms with Crippen molar-refractivity contribution in [3.05, 3.63) is 94.1 Å². The Morgan fingerprint density at radius 2 is 2.07 bits per heavy atom. The van der Waals surface area contributed by atoms with Gasteiger partial charge in [-0.1, -0.05) is 24.3 Å². The molecule has 2 aromatic carbocycles. The van der Waals surface area contributed by atoms with Crippen LogP contribution in [0.4, 0.5) is 10.1 Å². The molecule has 136 valence electrons. The maximum atomic E-state index is 13.7. The summed E-state index contributed by atoms with van der Waals surface area (Å²) in [5, 5.41) is 3.19. The van der Waals surface area contributed by atoms with E-state index < -0.39 is 5.82 Å². The second-order valence-electron chi connectivity index (χ2n) is 6.64. The van der Waals surface area contributed by atoms with E-state index in [1.54, 1.807) is 6.20 Å². The fraction of sp³-hybridized carbons (Fsp3) is 0.143. The molecule has 2 aliphatic heterocycles. The number of halogens is 1. The molecule has 0 amide bonds. The first-order valence-corrected chi connectivity index (χ1v) is 8.68. The number of nitrogens with zero attached hydrogens (tertiary/aromatic N) is 1. The zero-order valence-corrected chi connectivity index (χ0v) is 14.8. The largest absolute Gasteiger partial charge is 0.457 e. The van der Waals surface area contributed by atoms with Gasteiger partial charge < -0.3 is 15.8 Å². The van der Waals surface area contributed by atoms with Gasteiger partial charge in [0, 0.05) is 58.2 Å². The molecule has 4 rings (SSSR count). The van der Waals surface area contributed by atoms with Gasteiger partial charge in [-0.05, 0) is 17.7 Å². The number of dihydropyridines is 1. The van der Waals surface area contributed by atoms with E-state index in [1.165, 1.54) is 24.5 Å². The molecule has 2 heterocycles. The van der Waals surface area contributed by atoms with Gasteiger partial charge in [-0.2, -0.15) is 0 Å². The molecule has 27 heavy (non-hydrogen) atoms. The van der Waals surface area contributed by atoms with Gasteiger partial charge in [0.25, 0.3) is 5.69 Å². The minimum absolute atomic E-state index is 0.152. The molecule has 0 spiro atoms. The highest BCUT2D eigenvalue weighted by Gasteiger charge is 2.29. The molecule has 2 aromatic rings. The highest BCUT2D eigenvalue weighted by molar-refractivity contribution is 5.73. The van der Waals surface area contributed by atoms with Crippen LogP contribution in [0.15, 0.2) is 72.3 Å². The number of nitrogens with one attached hydrogen (secondary N) is 1. The fourth-order valence-corrected chi connectivity index (χ4v) is 3.27. The Bertz CT molecular complexity index is 1020. The van der Waals surface area contributed by atoms with Crippen LogP contribution in [-0.2, 0) is 6.42 Å². The Hall–Kier alpha value is -3.41. The molecule has 3 N–H and O–H groups in total. The number of ether oxygens (including phenoxy) is 1. The standard InChI is InChI=1S/C21H19FN3O2/c1-13-8-14-4-2-3-5-17(14)19-9-15(18(23)11-24-19)12-27-21-10-16(22)6-7-20(21)25(13)26/h2-7,9-13,24H,8,23H2,1H3/q+1/b15-12+. The van der Waals surface area contributed by atoms with E-state index >= 15 is 0 Å². The number of hydrogen-bond acceptors (Lipinski definition) is 4. The Morgan fingerprint density at radius 3 is 2.93 bits per heavy atom. The Kier molecular flexibility index (Phi) is 4.24. The van der Waals surface area contributed by atoms with Crippen molar-refractivity contribution < 1.29 is 13.9 Å². The SMILES string of the molecule is CC1Cc2ccccc2C2=C/C(=C\Oc3cc(F)ccc3[N+]1=O)C(N)=CN2. The number of allylic oxidation sites excluding steroid dienone is 1. The molecule has 0 saturated carbocycles. The maximum absolute atomic E-state index is 13.7. The summed E-state index contributed by atoms with van der Waals surface area (Å²) in [6, 6.07) is 11.4. The molecule has 0 aromatic heterocycles.